The number of benzene rings is 3. The number of carboxylic acid groups (broad SMARTS) is 1. The lowest BCUT2D eigenvalue weighted by Gasteiger charge is -2.39. The molecule has 2 aliphatic rings. The van der Waals surface area contributed by atoms with Crippen LogP contribution in [0.25, 0.3) is 11.1 Å². The summed E-state index contributed by atoms with van der Waals surface area (Å²) in [5.74, 6) is -0.674. The number of amides is 2. The summed E-state index contributed by atoms with van der Waals surface area (Å²) >= 11 is 0. The zero-order valence-electron chi connectivity index (χ0n) is 19.1. The lowest BCUT2D eigenvalue weighted by molar-refractivity contribution is -0.137. The number of nitrogens with one attached hydrogen (secondary N) is 1. The van der Waals surface area contributed by atoms with E-state index in [0.717, 1.165) is 11.1 Å². The van der Waals surface area contributed by atoms with E-state index in [-0.39, 0.29) is 30.8 Å². The van der Waals surface area contributed by atoms with Crippen molar-refractivity contribution in [1.82, 2.24) is 4.90 Å². The Bertz CT molecular complexity index is 1220. The maximum absolute atomic E-state index is 12.6. The lowest BCUT2D eigenvalue weighted by atomic mass is 9.94. The number of anilines is 1. The molecule has 2 amide bonds. The fourth-order valence-electron chi connectivity index (χ4n) is 4.88. The maximum Gasteiger partial charge on any atom is 0.411 e. The lowest BCUT2D eigenvalue weighted by Crippen LogP contribution is -2.50. The van der Waals surface area contributed by atoms with Crippen LogP contribution in [0.1, 0.15) is 40.2 Å². The van der Waals surface area contributed by atoms with Crippen LogP contribution in [-0.4, -0.2) is 47.7 Å². The predicted molar refractivity (Wildman–Crippen MR) is 131 cm³/mol. The number of hydrogen-bond acceptors (Lipinski definition) is 4. The summed E-state index contributed by atoms with van der Waals surface area (Å²) in [6.45, 7) is 1.38. The van der Waals surface area contributed by atoms with Gasteiger partial charge in [-0.05, 0) is 58.9 Å². The molecule has 1 saturated heterocycles. The molecule has 1 aliphatic carbocycles. The first kappa shape index (κ1) is 22.7. The molecule has 3 aromatic rings. The summed E-state index contributed by atoms with van der Waals surface area (Å²) in [7, 11) is 0. The van der Waals surface area contributed by atoms with Gasteiger partial charge in [0.2, 0.25) is 0 Å². The minimum atomic E-state index is -0.811. The van der Waals surface area contributed by atoms with Gasteiger partial charge in [0.15, 0.2) is 0 Å². The molecule has 1 aliphatic heterocycles. The van der Waals surface area contributed by atoms with Gasteiger partial charge in [-0.25, -0.2) is 4.79 Å². The van der Waals surface area contributed by atoms with Gasteiger partial charge in [0.25, 0.3) is 5.91 Å². The minimum absolute atomic E-state index is 0.0102. The zero-order valence-corrected chi connectivity index (χ0v) is 19.1. The average Bonchev–Trinajstić information content (AvgIpc) is 3.15. The number of fused-ring (bicyclic) bond motifs is 3. The summed E-state index contributed by atoms with van der Waals surface area (Å²) in [5, 5.41) is 11.5. The molecule has 2 N–H and O–H groups in total. The fraction of sp³-hybridized carbons (Fsp3) is 0.250. The van der Waals surface area contributed by atoms with Crippen LogP contribution in [0.5, 0.6) is 0 Å². The quantitative estimate of drug-likeness (QED) is 0.508. The molecular weight excluding hydrogens is 444 g/mol. The van der Waals surface area contributed by atoms with E-state index in [9.17, 15) is 14.4 Å². The van der Waals surface area contributed by atoms with Gasteiger partial charge >= 0.3 is 12.1 Å². The second kappa shape index (κ2) is 9.62. The number of carbonyl (C=O) groups excluding carboxylic acids is 2. The molecule has 7 nitrogen and oxygen atoms in total. The predicted octanol–water partition coefficient (Wildman–Crippen LogP) is 4.98. The van der Waals surface area contributed by atoms with E-state index in [0.29, 0.717) is 30.8 Å². The number of carboxylic acids is 1. The van der Waals surface area contributed by atoms with Crippen molar-refractivity contribution in [3.05, 3.63) is 89.5 Å². The van der Waals surface area contributed by atoms with Crippen molar-refractivity contribution in [2.24, 2.45) is 5.92 Å². The third kappa shape index (κ3) is 4.75. The SMILES string of the molecule is O=C(O)CCC1CN(C(=O)c2ccc(NC(=O)OCC3c4ccccc4-c4ccccc43)cc2)C1. The van der Waals surface area contributed by atoms with Crippen molar-refractivity contribution >= 4 is 23.7 Å². The first-order valence-corrected chi connectivity index (χ1v) is 11.7. The second-order valence-electron chi connectivity index (χ2n) is 9.04. The van der Waals surface area contributed by atoms with Gasteiger partial charge in [0.05, 0.1) is 0 Å². The highest BCUT2D eigenvalue weighted by Crippen LogP contribution is 2.44. The Labute approximate surface area is 203 Å². The third-order valence-electron chi connectivity index (χ3n) is 6.73. The van der Waals surface area contributed by atoms with Crippen molar-refractivity contribution in [3.63, 3.8) is 0 Å². The molecule has 5 rings (SSSR count). The molecule has 3 aromatic carbocycles. The van der Waals surface area contributed by atoms with Gasteiger partial charge in [0, 0.05) is 36.7 Å². The molecule has 7 heteroatoms. The Morgan fingerprint density at radius 2 is 1.49 bits per heavy atom. The van der Waals surface area contributed by atoms with Crippen LogP contribution in [0.2, 0.25) is 0 Å². The molecule has 0 spiro atoms. The van der Waals surface area contributed by atoms with Crippen LogP contribution >= 0.6 is 0 Å². The van der Waals surface area contributed by atoms with Crippen LogP contribution in [0.15, 0.2) is 72.8 Å². The van der Waals surface area contributed by atoms with E-state index < -0.39 is 12.1 Å². The molecule has 178 valence electrons. The molecule has 0 radical (unpaired) electrons. The Hall–Kier alpha value is -4.13. The first-order valence-electron chi connectivity index (χ1n) is 11.7. The van der Waals surface area contributed by atoms with Crippen LogP contribution in [0.3, 0.4) is 0 Å². The Morgan fingerprint density at radius 1 is 0.886 bits per heavy atom. The summed E-state index contributed by atoms with van der Waals surface area (Å²) in [4.78, 5) is 37.4. The number of hydrogen-bond donors (Lipinski definition) is 2. The summed E-state index contributed by atoms with van der Waals surface area (Å²) < 4.78 is 5.57. The molecule has 0 atom stereocenters. The number of likely N-dealkylation sites (tertiary alicyclic amines) is 1. The van der Waals surface area contributed by atoms with E-state index in [2.05, 4.69) is 29.6 Å². The standard InChI is InChI=1S/C28H26N2O5/c31-26(32)14-9-18-15-30(16-18)27(33)19-10-12-20(13-11-19)29-28(34)35-17-25-23-7-3-1-5-21(23)22-6-2-4-8-24(22)25/h1-8,10-13,18,25H,9,14-17H2,(H,29,34)(H,31,32). The van der Waals surface area contributed by atoms with Crippen molar-refractivity contribution < 1.29 is 24.2 Å². The number of ether oxygens (including phenoxy) is 1. The molecule has 35 heavy (non-hydrogen) atoms. The third-order valence-corrected chi connectivity index (χ3v) is 6.73. The molecular formula is C28H26N2O5. The van der Waals surface area contributed by atoms with Crippen molar-refractivity contribution in [2.75, 3.05) is 25.0 Å². The van der Waals surface area contributed by atoms with Crippen molar-refractivity contribution in [3.8, 4) is 11.1 Å². The Balaban J connectivity index is 1.14. The first-order chi connectivity index (χ1) is 17.0. The van der Waals surface area contributed by atoms with Crippen LogP contribution < -0.4 is 5.32 Å². The second-order valence-corrected chi connectivity index (χ2v) is 9.04. The van der Waals surface area contributed by atoms with E-state index in [1.165, 1.54) is 11.1 Å². The summed E-state index contributed by atoms with van der Waals surface area (Å²) in [5.41, 5.74) is 5.73. The highest BCUT2D eigenvalue weighted by molar-refractivity contribution is 5.95. The molecule has 0 saturated carbocycles. The molecule has 0 aromatic heterocycles. The highest BCUT2D eigenvalue weighted by atomic mass is 16.5. The largest absolute Gasteiger partial charge is 0.481 e. The van der Waals surface area contributed by atoms with E-state index >= 15 is 0 Å². The maximum atomic E-state index is 12.6. The van der Waals surface area contributed by atoms with Gasteiger partial charge in [-0.3, -0.25) is 14.9 Å². The van der Waals surface area contributed by atoms with Crippen LogP contribution in [0.4, 0.5) is 10.5 Å². The zero-order chi connectivity index (χ0) is 24.4. The van der Waals surface area contributed by atoms with Crippen molar-refractivity contribution in [2.45, 2.75) is 18.8 Å². The van der Waals surface area contributed by atoms with E-state index in [4.69, 9.17) is 9.84 Å². The number of carbonyl (C=O) groups is 3. The van der Waals surface area contributed by atoms with E-state index in [1.54, 1.807) is 29.2 Å². The molecule has 1 heterocycles. The Kier molecular flexibility index (Phi) is 6.23. The fourth-order valence-corrected chi connectivity index (χ4v) is 4.88. The molecule has 0 unspecified atom stereocenters. The van der Waals surface area contributed by atoms with Crippen LogP contribution in [0, 0.1) is 5.92 Å². The number of nitrogens with zero attached hydrogens (tertiary/aromatic N) is 1. The smallest absolute Gasteiger partial charge is 0.411 e. The minimum Gasteiger partial charge on any atom is -0.481 e. The van der Waals surface area contributed by atoms with Gasteiger partial charge in [0.1, 0.15) is 6.61 Å². The summed E-state index contributed by atoms with van der Waals surface area (Å²) in [6, 6.07) is 23.0. The molecule has 1 fully saturated rings. The monoisotopic (exact) mass is 470 g/mol. The van der Waals surface area contributed by atoms with Crippen LogP contribution in [-0.2, 0) is 9.53 Å². The highest BCUT2D eigenvalue weighted by Gasteiger charge is 2.31. The normalized spacial score (nSPS) is 14.6. The van der Waals surface area contributed by atoms with Gasteiger partial charge < -0.3 is 14.7 Å². The average molecular weight is 471 g/mol. The molecule has 0 bridgehead atoms. The van der Waals surface area contributed by atoms with Crippen molar-refractivity contribution in [1.29, 1.82) is 0 Å². The van der Waals surface area contributed by atoms with Gasteiger partial charge in [-0.1, -0.05) is 48.5 Å². The number of aliphatic carboxylic acids is 1. The van der Waals surface area contributed by atoms with Gasteiger partial charge in [-0.15, -0.1) is 0 Å². The van der Waals surface area contributed by atoms with E-state index in [1.807, 2.05) is 24.3 Å². The number of rotatable bonds is 7. The Morgan fingerprint density at radius 3 is 2.09 bits per heavy atom. The topological polar surface area (TPSA) is 95.9 Å². The summed E-state index contributed by atoms with van der Waals surface area (Å²) in [6.07, 6.45) is 0.167. The van der Waals surface area contributed by atoms with Gasteiger partial charge in [-0.2, -0.15) is 0 Å².